The van der Waals surface area contributed by atoms with Crippen LogP contribution in [0.25, 0.3) is 10.7 Å². The Balaban J connectivity index is 1.48. The first-order valence-corrected chi connectivity index (χ1v) is 9.25. The fourth-order valence-electron chi connectivity index (χ4n) is 3.21. The van der Waals surface area contributed by atoms with Crippen molar-refractivity contribution >= 4 is 17.3 Å². The number of alkyl halides is 1. The van der Waals surface area contributed by atoms with Crippen molar-refractivity contribution in [3.63, 3.8) is 0 Å². The highest BCUT2D eigenvalue weighted by Crippen LogP contribution is 2.45. The molecule has 1 fully saturated rings. The molecule has 0 saturated heterocycles. The predicted molar refractivity (Wildman–Crippen MR) is 97.3 cm³/mol. The van der Waals surface area contributed by atoms with Crippen molar-refractivity contribution < 1.29 is 8.78 Å². The highest BCUT2D eigenvalue weighted by atomic mass is 32.1. The maximum absolute atomic E-state index is 14.2. The first kappa shape index (κ1) is 17.8. The second kappa shape index (κ2) is 7.20. The molecule has 0 amide bonds. The van der Waals surface area contributed by atoms with E-state index in [4.69, 9.17) is 5.73 Å². The number of nitrogens with two attached hydrogens (primary N) is 1. The lowest BCUT2D eigenvalue weighted by Gasteiger charge is -2.43. The molecule has 0 bridgehead atoms. The fourth-order valence-corrected chi connectivity index (χ4v) is 3.95. The van der Waals surface area contributed by atoms with E-state index in [1.165, 1.54) is 29.7 Å². The topological polar surface area (TPSA) is 102 Å². The maximum Gasteiger partial charge on any atom is 0.242 e. The molecule has 3 heterocycles. The molecule has 3 aromatic heterocycles. The minimum atomic E-state index is -0.962. The van der Waals surface area contributed by atoms with Crippen molar-refractivity contribution in [3.8, 4) is 10.7 Å². The molecule has 0 radical (unpaired) electrons. The van der Waals surface area contributed by atoms with E-state index in [1.807, 2.05) is 0 Å². The Kier molecular flexibility index (Phi) is 4.75. The summed E-state index contributed by atoms with van der Waals surface area (Å²) in [5.41, 5.74) is 5.69. The SMILES string of the molecule is NCc1cnc(-c2cnc(NCC3(c4ncccc4F)CC(F)C3)nn2)s1. The Morgan fingerprint density at radius 1 is 1.22 bits per heavy atom. The summed E-state index contributed by atoms with van der Waals surface area (Å²) < 4.78 is 27.8. The van der Waals surface area contributed by atoms with Crippen LogP contribution >= 0.6 is 11.3 Å². The third-order valence-corrected chi connectivity index (χ3v) is 5.65. The van der Waals surface area contributed by atoms with Crippen LogP contribution in [0.4, 0.5) is 14.7 Å². The molecule has 1 aliphatic rings. The molecular weight excluding hydrogens is 372 g/mol. The van der Waals surface area contributed by atoms with Gasteiger partial charge in [-0.05, 0) is 25.0 Å². The van der Waals surface area contributed by atoms with Crippen LogP contribution in [-0.4, -0.2) is 37.9 Å². The number of rotatable bonds is 6. The first-order chi connectivity index (χ1) is 13.1. The Hall–Kier alpha value is -2.59. The first-order valence-electron chi connectivity index (χ1n) is 8.43. The molecule has 3 N–H and O–H groups in total. The van der Waals surface area contributed by atoms with Crippen molar-refractivity contribution in [2.45, 2.75) is 31.0 Å². The van der Waals surface area contributed by atoms with Gasteiger partial charge in [0.2, 0.25) is 5.95 Å². The molecule has 3 aromatic rings. The molecule has 10 heteroatoms. The summed E-state index contributed by atoms with van der Waals surface area (Å²) >= 11 is 1.43. The van der Waals surface area contributed by atoms with E-state index in [0.717, 1.165) is 4.88 Å². The van der Waals surface area contributed by atoms with Crippen molar-refractivity contribution in [2.24, 2.45) is 5.73 Å². The number of thiazole rings is 1. The highest BCUT2D eigenvalue weighted by Gasteiger charge is 2.48. The van der Waals surface area contributed by atoms with Crippen LogP contribution in [0.1, 0.15) is 23.4 Å². The molecule has 27 heavy (non-hydrogen) atoms. The number of nitrogens with zero attached hydrogens (tertiary/aromatic N) is 5. The smallest absolute Gasteiger partial charge is 0.242 e. The number of nitrogens with one attached hydrogen (secondary N) is 1. The summed E-state index contributed by atoms with van der Waals surface area (Å²) in [4.78, 5) is 13.5. The van der Waals surface area contributed by atoms with Crippen LogP contribution in [0.2, 0.25) is 0 Å². The van der Waals surface area contributed by atoms with Gasteiger partial charge in [0, 0.05) is 35.8 Å². The maximum atomic E-state index is 14.2. The number of hydrogen-bond donors (Lipinski definition) is 2. The van der Waals surface area contributed by atoms with E-state index < -0.39 is 17.4 Å². The lowest BCUT2D eigenvalue weighted by molar-refractivity contribution is 0.0963. The number of aromatic nitrogens is 5. The Morgan fingerprint density at radius 2 is 2.07 bits per heavy atom. The van der Waals surface area contributed by atoms with Gasteiger partial charge in [-0.1, -0.05) is 0 Å². The minimum absolute atomic E-state index is 0.209. The van der Waals surface area contributed by atoms with Crippen LogP contribution in [0, 0.1) is 5.82 Å². The summed E-state index contributed by atoms with van der Waals surface area (Å²) in [5, 5.41) is 11.9. The van der Waals surface area contributed by atoms with Crippen molar-refractivity contribution in [1.29, 1.82) is 0 Å². The van der Waals surface area contributed by atoms with Gasteiger partial charge in [0.25, 0.3) is 0 Å². The van der Waals surface area contributed by atoms with Gasteiger partial charge in [-0.25, -0.2) is 18.7 Å². The minimum Gasteiger partial charge on any atom is -0.352 e. The van der Waals surface area contributed by atoms with E-state index in [1.54, 1.807) is 12.4 Å². The van der Waals surface area contributed by atoms with Crippen molar-refractivity contribution in [1.82, 2.24) is 25.1 Å². The molecule has 7 nitrogen and oxygen atoms in total. The average molecular weight is 389 g/mol. The van der Waals surface area contributed by atoms with Gasteiger partial charge in [-0.15, -0.1) is 21.5 Å². The molecular formula is C17H17F2N7S. The summed E-state index contributed by atoms with van der Waals surface area (Å²) in [6.07, 6.45) is 4.23. The number of anilines is 1. The predicted octanol–water partition coefficient (Wildman–Crippen LogP) is 2.47. The highest BCUT2D eigenvalue weighted by molar-refractivity contribution is 7.14. The molecule has 0 unspecified atom stereocenters. The Labute approximate surface area is 158 Å². The van der Waals surface area contributed by atoms with Gasteiger partial charge >= 0.3 is 0 Å². The van der Waals surface area contributed by atoms with Crippen LogP contribution in [-0.2, 0) is 12.0 Å². The normalized spacial score (nSPS) is 21.7. The molecule has 140 valence electrons. The Morgan fingerprint density at radius 3 is 2.70 bits per heavy atom. The lowest BCUT2D eigenvalue weighted by atomic mass is 9.65. The van der Waals surface area contributed by atoms with Crippen LogP contribution in [0.5, 0.6) is 0 Å². The van der Waals surface area contributed by atoms with Crippen LogP contribution in [0.15, 0.2) is 30.7 Å². The molecule has 4 rings (SSSR count). The standard InChI is InChI=1S/C17H17F2N7S/c18-10-4-17(5-10,14-12(19)2-1-3-21-14)9-24-16-23-8-13(25-26-16)15-22-7-11(6-20)27-15/h1-3,7-8,10H,4-6,9,20H2,(H,23,24,26). The van der Waals surface area contributed by atoms with Gasteiger partial charge in [0.15, 0.2) is 0 Å². The number of halogens is 2. The van der Waals surface area contributed by atoms with Crippen LogP contribution < -0.4 is 11.1 Å². The Bertz CT molecular complexity index is 925. The van der Waals surface area contributed by atoms with Gasteiger partial charge < -0.3 is 11.1 Å². The summed E-state index contributed by atoms with van der Waals surface area (Å²) in [7, 11) is 0. The van der Waals surface area contributed by atoms with E-state index in [-0.39, 0.29) is 31.0 Å². The quantitative estimate of drug-likeness (QED) is 0.668. The van der Waals surface area contributed by atoms with Crippen LogP contribution in [0.3, 0.4) is 0 Å². The molecule has 1 aliphatic carbocycles. The van der Waals surface area contributed by atoms with Gasteiger partial charge in [0.1, 0.15) is 22.7 Å². The zero-order chi connectivity index (χ0) is 18.9. The molecule has 0 aromatic carbocycles. The van der Waals surface area contributed by atoms with E-state index >= 15 is 0 Å². The summed E-state index contributed by atoms with van der Waals surface area (Å²) in [5.74, 6) is -0.146. The average Bonchev–Trinajstić information content (AvgIpc) is 3.14. The van der Waals surface area contributed by atoms with E-state index in [2.05, 4.69) is 30.5 Å². The number of pyridine rings is 1. The molecule has 0 aliphatic heterocycles. The summed E-state index contributed by atoms with van der Waals surface area (Å²) in [6.45, 7) is 0.691. The van der Waals surface area contributed by atoms with Gasteiger partial charge in [-0.3, -0.25) is 4.98 Å². The third kappa shape index (κ3) is 3.50. The molecule has 0 spiro atoms. The van der Waals surface area contributed by atoms with Crippen molar-refractivity contribution in [3.05, 3.63) is 47.1 Å². The second-order valence-electron chi connectivity index (χ2n) is 6.48. The van der Waals surface area contributed by atoms with Gasteiger partial charge in [0.05, 0.1) is 11.9 Å². The van der Waals surface area contributed by atoms with Crippen molar-refractivity contribution in [2.75, 3.05) is 11.9 Å². The zero-order valence-corrected chi connectivity index (χ0v) is 15.1. The molecule has 1 saturated carbocycles. The third-order valence-electron chi connectivity index (χ3n) is 4.61. The fraction of sp³-hybridized carbons (Fsp3) is 0.353. The largest absolute Gasteiger partial charge is 0.352 e. The number of hydrogen-bond acceptors (Lipinski definition) is 8. The monoisotopic (exact) mass is 389 g/mol. The second-order valence-corrected chi connectivity index (χ2v) is 7.59. The van der Waals surface area contributed by atoms with E-state index in [0.29, 0.717) is 17.2 Å². The summed E-state index contributed by atoms with van der Waals surface area (Å²) in [6, 6.07) is 2.86. The van der Waals surface area contributed by atoms with E-state index in [9.17, 15) is 8.78 Å². The lowest BCUT2D eigenvalue weighted by Crippen LogP contribution is -2.49. The van der Waals surface area contributed by atoms with Gasteiger partial charge in [-0.2, -0.15) is 0 Å². The molecule has 0 atom stereocenters. The zero-order valence-electron chi connectivity index (χ0n) is 14.3.